The van der Waals surface area contributed by atoms with Crippen LogP contribution in [-0.2, 0) is 11.3 Å². The van der Waals surface area contributed by atoms with Gasteiger partial charge in [0, 0.05) is 25.6 Å². The normalized spacial score (nSPS) is 29.1. The number of amides is 1. The third-order valence-corrected chi connectivity index (χ3v) is 6.26. The van der Waals surface area contributed by atoms with Crippen molar-refractivity contribution in [1.82, 2.24) is 9.80 Å². The van der Waals surface area contributed by atoms with Gasteiger partial charge in [-0.25, -0.2) is 0 Å². The summed E-state index contributed by atoms with van der Waals surface area (Å²) in [5.74, 6) is 0.935. The van der Waals surface area contributed by atoms with E-state index in [9.17, 15) is 9.90 Å². The van der Waals surface area contributed by atoms with Crippen molar-refractivity contribution in [2.45, 2.75) is 51.7 Å². The number of carbonyl (C=O) groups excluding carboxylic acids is 1. The molecule has 1 aliphatic heterocycles. The molecule has 0 spiro atoms. The van der Waals surface area contributed by atoms with Crippen LogP contribution in [0.15, 0.2) is 24.3 Å². The summed E-state index contributed by atoms with van der Waals surface area (Å²) >= 11 is 0. The SMILES string of the molecule is CC[C@@]1(O)CCC[C@@H]2CN(C(=O)CN(C)Cc3ccc(C)cc3)C[C@@H]21. The molecule has 3 atom stereocenters. The predicted molar refractivity (Wildman–Crippen MR) is 100 cm³/mol. The van der Waals surface area contributed by atoms with Crippen LogP contribution in [0.4, 0.5) is 0 Å². The Morgan fingerprint density at radius 3 is 2.72 bits per heavy atom. The summed E-state index contributed by atoms with van der Waals surface area (Å²) in [6, 6.07) is 8.48. The lowest BCUT2D eigenvalue weighted by atomic mass is 9.69. The van der Waals surface area contributed by atoms with E-state index in [0.717, 1.165) is 45.3 Å². The fourth-order valence-electron chi connectivity index (χ4n) is 4.66. The molecule has 25 heavy (non-hydrogen) atoms. The van der Waals surface area contributed by atoms with Crippen molar-refractivity contribution in [1.29, 1.82) is 0 Å². The summed E-state index contributed by atoms with van der Waals surface area (Å²) in [4.78, 5) is 16.8. The molecule has 4 heteroatoms. The van der Waals surface area contributed by atoms with Gasteiger partial charge >= 0.3 is 0 Å². The number of carbonyl (C=O) groups is 1. The highest BCUT2D eigenvalue weighted by atomic mass is 16.3. The lowest BCUT2D eigenvalue weighted by Gasteiger charge is -2.40. The van der Waals surface area contributed by atoms with Gasteiger partial charge in [0.2, 0.25) is 5.91 Å². The number of likely N-dealkylation sites (N-methyl/N-ethyl adjacent to an activating group) is 1. The van der Waals surface area contributed by atoms with E-state index in [1.165, 1.54) is 11.1 Å². The summed E-state index contributed by atoms with van der Waals surface area (Å²) in [7, 11) is 2.00. The van der Waals surface area contributed by atoms with Crippen molar-refractivity contribution < 1.29 is 9.90 Å². The maximum Gasteiger partial charge on any atom is 0.236 e. The fraction of sp³-hybridized carbons (Fsp3) is 0.667. The van der Waals surface area contributed by atoms with Crippen molar-refractivity contribution in [3.63, 3.8) is 0 Å². The molecule has 2 fully saturated rings. The zero-order valence-corrected chi connectivity index (χ0v) is 15.9. The molecule has 1 aliphatic carbocycles. The summed E-state index contributed by atoms with van der Waals surface area (Å²) in [5.41, 5.74) is 1.92. The van der Waals surface area contributed by atoms with Gasteiger partial charge in [-0.1, -0.05) is 43.2 Å². The summed E-state index contributed by atoms with van der Waals surface area (Å²) < 4.78 is 0. The Hall–Kier alpha value is -1.39. The van der Waals surface area contributed by atoms with Crippen LogP contribution >= 0.6 is 0 Å². The number of benzene rings is 1. The van der Waals surface area contributed by atoms with Crippen molar-refractivity contribution in [3.05, 3.63) is 35.4 Å². The van der Waals surface area contributed by atoms with E-state index in [0.29, 0.717) is 12.5 Å². The Balaban J connectivity index is 1.56. The van der Waals surface area contributed by atoms with Crippen molar-refractivity contribution in [3.8, 4) is 0 Å². The van der Waals surface area contributed by atoms with Crippen LogP contribution in [0.1, 0.15) is 43.7 Å². The van der Waals surface area contributed by atoms with Crippen molar-refractivity contribution in [2.24, 2.45) is 11.8 Å². The Labute approximate surface area is 151 Å². The topological polar surface area (TPSA) is 43.8 Å². The molecule has 0 radical (unpaired) electrons. The molecular formula is C21H32N2O2. The van der Waals surface area contributed by atoms with Gasteiger partial charge in [-0.3, -0.25) is 9.69 Å². The summed E-state index contributed by atoms with van der Waals surface area (Å²) in [5, 5.41) is 10.9. The van der Waals surface area contributed by atoms with E-state index >= 15 is 0 Å². The molecule has 0 bridgehead atoms. The van der Waals surface area contributed by atoms with Gasteiger partial charge in [0.25, 0.3) is 0 Å². The first-order chi connectivity index (χ1) is 11.9. The van der Waals surface area contributed by atoms with E-state index in [-0.39, 0.29) is 11.8 Å². The molecule has 1 saturated heterocycles. The molecule has 1 heterocycles. The minimum Gasteiger partial charge on any atom is -0.390 e. The highest BCUT2D eigenvalue weighted by Crippen LogP contribution is 2.44. The van der Waals surface area contributed by atoms with Crippen LogP contribution in [-0.4, -0.2) is 53.1 Å². The lowest BCUT2D eigenvalue weighted by molar-refractivity contribution is -0.131. The number of aryl methyl sites for hydroxylation is 1. The van der Waals surface area contributed by atoms with Crippen LogP contribution in [0, 0.1) is 18.8 Å². The number of rotatable bonds is 5. The molecular weight excluding hydrogens is 312 g/mol. The van der Waals surface area contributed by atoms with Crippen LogP contribution in [0.2, 0.25) is 0 Å². The van der Waals surface area contributed by atoms with Crippen LogP contribution < -0.4 is 0 Å². The highest BCUT2D eigenvalue weighted by molar-refractivity contribution is 5.78. The molecule has 1 saturated carbocycles. The van der Waals surface area contributed by atoms with Crippen molar-refractivity contribution in [2.75, 3.05) is 26.7 Å². The molecule has 1 aromatic rings. The first kappa shape index (κ1) is 18.4. The van der Waals surface area contributed by atoms with Gasteiger partial charge < -0.3 is 10.0 Å². The minimum absolute atomic E-state index is 0.197. The zero-order valence-electron chi connectivity index (χ0n) is 15.9. The summed E-state index contributed by atoms with van der Waals surface area (Å²) in [6.07, 6.45) is 3.92. The number of aliphatic hydroxyl groups is 1. The Kier molecular flexibility index (Phi) is 5.49. The predicted octanol–water partition coefficient (Wildman–Crippen LogP) is 2.83. The molecule has 1 aromatic carbocycles. The Bertz CT molecular complexity index is 600. The second kappa shape index (κ2) is 7.46. The zero-order chi connectivity index (χ0) is 18.0. The maximum atomic E-state index is 12.7. The van der Waals surface area contributed by atoms with E-state index in [1.54, 1.807) is 0 Å². The molecule has 1 N–H and O–H groups in total. The van der Waals surface area contributed by atoms with Gasteiger partial charge in [-0.15, -0.1) is 0 Å². The molecule has 138 valence electrons. The second-order valence-corrected chi connectivity index (χ2v) is 8.17. The van der Waals surface area contributed by atoms with Gasteiger partial charge in [-0.05, 0) is 44.7 Å². The monoisotopic (exact) mass is 344 g/mol. The number of nitrogens with zero attached hydrogens (tertiary/aromatic N) is 2. The smallest absolute Gasteiger partial charge is 0.236 e. The molecule has 4 nitrogen and oxygen atoms in total. The first-order valence-corrected chi connectivity index (χ1v) is 9.65. The number of hydrogen-bond donors (Lipinski definition) is 1. The number of hydrogen-bond acceptors (Lipinski definition) is 3. The van der Waals surface area contributed by atoms with Crippen LogP contribution in [0.5, 0.6) is 0 Å². The first-order valence-electron chi connectivity index (χ1n) is 9.65. The average Bonchev–Trinajstić information content (AvgIpc) is 3.03. The average molecular weight is 344 g/mol. The van der Waals surface area contributed by atoms with Gasteiger partial charge in [-0.2, -0.15) is 0 Å². The van der Waals surface area contributed by atoms with Gasteiger partial charge in [0.1, 0.15) is 0 Å². The van der Waals surface area contributed by atoms with E-state index in [1.807, 2.05) is 11.9 Å². The highest BCUT2D eigenvalue weighted by Gasteiger charge is 2.48. The van der Waals surface area contributed by atoms with E-state index in [4.69, 9.17) is 0 Å². The fourth-order valence-corrected chi connectivity index (χ4v) is 4.66. The van der Waals surface area contributed by atoms with Crippen LogP contribution in [0.25, 0.3) is 0 Å². The van der Waals surface area contributed by atoms with Gasteiger partial charge in [0.15, 0.2) is 0 Å². The molecule has 1 amide bonds. The third kappa shape index (κ3) is 4.06. The minimum atomic E-state index is -0.564. The van der Waals surface area contributed by atoms with Gasteiger partial charge in [0.05, 0.1) is 12.1 Å². The van der Waals surface area contributed by atoms with Crippen LogP contribution in [0.3, 0.4) is 0 Å². The molecule has 2 aliphatic rings. The molecule has 0 unspecified atom stereocenters. The van der Waals surface area contributed by atoms with Crippen molar-refractivity contribution >= 4 is 5.91 Å². The number of fused-ring (bicyclic) bond motifs is 1. The lowest BCUT2D eigenvalue weighted by Crippen LogP contribution is -2.45. The largest absolute Gasteiger partial charge is 0.390 e. The maximum absolute atomic E-state index is 12.7. The standard InChI is InChI=1S/C21H32N2O2/c1-4-21(25)11-5-6-18-13-23(14-19(18)21)20(24)15-22(3)12-17-9-7-16(2)8-10-17/h7-10,18-19,25H,4-6,11-15H2,1-3H3/t18-,19+,21-/m1/s1. The molecule has 3 rings (SSSR count). The van der Waals surface area contributed by atoms with E-state index in [2.05, 4.69) is 43.0 Å². The quantitative estimate of drug-likeness (QED) is 0.893. The van der Waals surface area contributed by atoms with E-state index < -0.39 is 5.60 Å². The Morgan fingerprint density at radius 1 is 1.32 bits per heavy atom. The molecule has 0 aromatic heterocycles. The summed E-state index contributed by atoms with van der Waals surface area (Å²) in [6.45, 7) is 6.93. The third-order valence-electron chi connectivity index (χ3n) is 6.26. The number of likely N-dealkylation sites (tertiary alicyclic amines) is 1. The second-order valence-electron chi connectivity index (χ2n) is 8.17. The Morgan fingerprint density at radius 2 is 2.04 bits per heavy atom.